The van der Waals surface area contributed by atoms with E-state index in [9.17, 15) is 14.3 Å². The van der Waals surface area contributed by atoms with Crippen LogP contribution in [-0.4, -0.2) is 23.1 Å². The van der Waals surface area contributed by atoms with Crippen LogP contribution >= 0.6 is 0 Å². The zero-order valence-corrected chi connectivity index (χ0v) is 15.3. The summed E-state index contributed by atoms with van der Waals surface area (Å²) in [5.74, 6) is -1.22. The van der Waals surface area contributed by atoms with Crippen molar-refractivity contribution in [3.05, 3.63) is 77.2 Å². The van der Waals surface area contributed by atoms with E-state index in [1.165, 1.54) is 6.07 Å². The van der Waals surface area contributed by atoms with Gasteiger partial charge < -0.3 is 20.9 Å². The molecule has 1 aromatic heterocycles. The standard InChI is InChI=1S/C21H20FN3O3/c1-24-10-13-4-2-3-5-17(13)14-9-19(20(23)25-11-14)28-12-15-8-16(22)6-7-18(15)21(26)27/h2-9,11,24H,10,12H2,1H3,(H2,23,25)(H,26,27). The van der Waals surface area contributed by atoms with Crippen molar-refractivity contribution in [1.29, 1.82) is 0 Å². The van der Waals surface area contributed by atoms with Crippen LogP contribution in [0.25, 0.3) is 11.1 Å². The molecule has 4 N–H and O–H groups in total. The van der Waals surface area contributed by atoms with Gasteiger partial charge >= 0.3 is 5.97 Å². The number of benzene rings is 2. The molecule has 1 heterocycles. The Hall–Kier alpha value is -3.45. The number of aromatic carboxylic acids is 1. The van der Waals surface area contributed by atoms with Gasteiger partial charge in [0.2, 0.25) is 0 Å². The third-order valence-corrected chi connectivity index (χ3v) is 4.26. The van der Waals surface area contributed by atoms with Gasteiger partial charge in [-0.3, -0.25) is 0 Å². The Labute approximate surface area is 161 Å². The second-order valence-corrected chi connectivity index (χ2v) is 6.19. The number of pyridine rings is 1. The van der Waals surface area contributed by atoms with Crippen molar-refractivity contribution < 1.29 is 19.0 Å². The molecule has 28 heavy (non-hydrogen) atoms. The highest BCUT2D eigenvalue weighted by molar-refractivity contribution is 5.89. The molecule has 3 rings (SSSR count). The van der Waals surface area contributed by atoms with E-state index in [0.717, 1.165) is 28.8 Å². The van der Waals surface area contributed by atoms with Crippen LogP contribution in [0.1, 0.15) is 21.5 Å². The number of anilines is 1. The number of nitrogens with one attached hydrogen (secondary N) is 1. The molecular formula is C21H20FN3O3. The predicted molar refractivity (Wildman–Crippen MR) is 105 cm³/mol. The van der Waals surface area contributed by atoms with Gasteiger partial charge in [0.25, 0.3) is 0 Å². The van der Waals surface area contributed by atoms with Crippen LogP contribution in [-0.2, 0) is 13.2 Å². The van der Waals surface area contributed by atoms with Crippen LogP contribution < -0.4 is 15.8 Å². The van der Waals surface area contributed by atoms with Gasteiger partial charge in [-0.2, -0.15) is 0 Å². The fraction of sp³-hybridized carbons (Fsp3) is 0.143. The van der Waals surface area contributed by atoms with E-state index < -0.39 is 11.8 Å². The number of carboxylic acid groups (broad SMARTS) is 1. The topological polar surface area (TPSA) is 97.5 Å². The second-order valence-electron chi connectivity index (χ2n) is 6.19. The average Bonchev–Trinajstić information content (AvgIpc) is 2.68. The highest BCUT2D eigenvalue weighted by Crippen LogP contribution is 2.30. The minimum absolute atomic E-state index is 0.0246. The van der Waals surface area contributed by atoms with Crippen molar-refractivity contribution in [2.45, 2.75) is 13.2 Å². The molecule has 6 nitrogen and oxygen atoms in total. The molecule has 0 amide bonds. The highest BCUT2D eigenvalue weighted by Gasteiger charge is 2.14. The van der Waals surface area contributed by atoms with Crippen molar-refractivity contribution in [1.82, 2.24) is 10.3 Å². The second kappa shape index (κ2) is 8.49. The number of nitrogens with zero attached hydrogens (tertiary/aromatic N) is 1. The van der Waals surface area contributed by atoms with Gasteiger partial charge in [0, 0.05) is 23.9 Å². The van der Waals surface area contributed by atoms with Crippen LogP contribution in [0.4, 0.5) is 10.2 Å². The molecule has 0 spiro atoms. The normalized spacial score (nSPS) is 10.6. The Morgan fingerprint density at radius 2 is 2.00 bits per heavy atom. The summed E-state index contributed by atoms with van der Waals surface area (Å²) >= 11 is 0. The van der Waals surface area contributed by atoms with Gasteiger partial charge in [-0.05, 0) is 42.4 Å². The summed E-state index contributed by atoms with van der Waals surface area (Å²) in [5, 5.41) is 12.4. The monoisotopic (exact) mass is 381 g/mol. The van der Waals surface area contributed by atoms with Gasteiger partial charge in [-0.15, -0.1) is 0 Å². The number of carboxylic acids is 1. The Kier molecular flexibility index (Phi) is 5.86. The van der Waals surface area contributed by atoms with Gasteiger partial charge in [0.15, 0.2) is 11.6 Å². The van der Waals surface area contributed by atoms with Crippen LogP contribution in [0.15, 0.2) is 54.7 Å². The van der Waals surface area contributed by atoms with Crippen LogP contribution in [0, 0.1) is 5.82 Å². The van der Waals surface area contributed by atoms with Crippen molar-refractivity contribution >= 4 is 11.8 Å². The minimum Gasteiger partial charge on any atom is -0.485 e. The van der Waals surface area contributed by atoms with E-state index in [4.69, 9.17) is 10.5 Å². The van der Waals surface area contributed by atoms with Crippen LogP contribution in [0.2, 0.25) is 0 Å². The number of rotatable bonds is 7. The maximum atomic E-state index is 13.5. The first kappa shape index (κ1) is 19.3. The number of halogens is 1. The third-order valence-electron chi connectivity index (χ3n) is 4.26. The maximum Gasteiger partial charge on any atom is 0.336 e. The van der Waals surface area contributed by atoms with Crippen molar-refractivity contribution in [2.75, 3.05) is 12.8 Å². The van der Waals surface area contributed by atoms with E-state index >= 15 is 0 Å². The predicted octanol–water partition coefficient (Wildman–Crippen LogP) is 3.47. The lowest BCUT2D eigenvalue weighted by atomic mass is 10.0. The fourth-order valence-electron chi connectivity index (χ4n) is 2.91. The fourth-order valence-corrected chi connectivity index (χ4v) is 2.91. The smallest absolute Gasteiger partial charge is 0.336 e. The van der Waals surface area contributed by atoms with E-state index in [1.54, 1.807) is 12.3 Å². The van der Waals surface area contributed by atoms with Crippen LogP contribution in [0.5, 0.6) is 5.75 Å². The molecule has 0 saturated heterocycles. The lowest BCUT2D eigenvalue weighted by Crippen LogP contribution is -2.08. The Balaban J connectivity index is 1.90. The summed E-state index contributed by atoms with van der Waals surface area (Å²) in [7, 11) is 1.87. The number of aromatic nitrogens is 1. The average molecular weight is 381 g/mol. The molecule has 0 bridgehead atoms. The molecule has 0 unspecified atom stereocenters. The highest BCUT2D eigenvalue weighted by atomic mass is 19.1. The van der Waals surface area contributed by atoms with Gasteiger partial charge in [0.1, 0.15) is 12.4 Å². The zero-order chi connectivity index (χ0) is 20.1. The SMILES string of the molecule is CNCc1ccccc1-c1cnc(N)c(OCc2cc(F)ccc2C(=O)O)c1. The van der Waals surface area contributed by atoms with Crippen molar-refractivity contribution in [2.24, 2.45) is 0 Å². The number of hydrogen-bond acceptors (Lipinski definition) is 5. The molecule has 0 saturated carbocycles. The van der Waals surface area contributed by atoms with Crippen LogP contribution in [0.3, 0.4) is 0 Å². The molecular weight excluding hydrogens is 361 g/mol. The first-order chi connectivity index (χ1) is 13.5. The first-order valence-corrected chi connectivity index (χ1v) is 8.62. The number of hydrogen-bond donors (Lipinski definition) is 3. The van der Waals surface area contributed by atoms with Crippen molar-refractivity contribution in [3.63, 3.8) is 0 Å². The van der Waals surface area contributed by atoms with Crippen molar-refractivity contribution in [3.8, 4) is 16.9 Å². The number of nitrogens with two attached hydrogens (primary N) is 1. The molecule has 144 valence electrons. The molecule has 7 heteroatoms. The Bertz CT molecular complexity index is 1010. The van der Waals surface area contributed by atoms with E-state index in [-0.39, 0.29) is 23.6 Å². The van der Waals surface area contributed by atoms with E-state index in [0.29, 0.717) is 12.3 Å². The largest absolute Gasteiger partial charge is 0.485 e. The quantitative estimate of drug-likeness (QED) is 0.580. The summed E-state index contributed by atoms with van der Waals surface area (Å²) in [5.41, 5.74) is 8.98. The third kappa shape index (κ3) is 4.27. The Morgan fingerprint density at radius 1 is 1.21 bits per heavy atom. The zero-order valence-electron chi connectivity index (χ0n) is 15.3. The molecule has 0 radical (unpaired) electrons. The molecule has 0 atom stereocenters. The lowest BCUT2D eigenvalue weighted by molar-refractivity contribution is 0.0694. The lowest BCUT2D eigenvalue weighted by Gasteiger charge is -2.13. The van der Waals surface area contributed by atoms with E-state index in [2.05, 4.69) is 10.3 Å². The molecule has 0 fully saturated rings. The Morgan fingerprint density at radius 3 is 2.75 bits per heavy atom. The molecule has 3 aromatic rings. The summed E-state index contributed by atoms with van der Waals surface area (Å²) in [4.78, 5) is 15.5. The summed E-state index contributed by atoms with van der Waals surface area (Å²) < 4.78 is 19.2. The number of nitrogen functional groups attached to an aromatic ring is 1. The molecule has 2 aromatic carbocycles. The number of ether oxygens (including phenoxy) is 1. The molecule has 0 aliphatic heterocycles. The summed E-state index contributed by atoms with van der Waals surface area (Å²) in [6.07, 6.45) is 1.65. The minimum atomic E-state index is -1.15. The van der Waals surface area contributed by atoms with Gasteiger partial charge in [0.05, 0.1) is 5.56 Å². The maximum absolute atomic E-state index is 13.5. The van der Waals surface area contributed by atoms with Gasteiger partial charge in [-0.25, -0.2) is 14.2 Å². The summed E-state index contributed by atoms with van der Waals surface area (Å²) in [6.45, 7) is 0.537. The molecule has 0 aliphatic carbocycles. The first-order valence-electron chi connectivity index (χ1n) is 8.62. The number of carbonyl (C=O) groups is 1. The van der Waals surface area contributed by atoms with Gasteiger partial charge in [-0.1, -0.05) is 24.3 Å². The van der Waals surface area contributed by atoms with E-state index in [1.807, 2.05) is 31.3 Å². The summed E-state index contributed by atoms with van der Waals surface area (Å²) in [6, 6.07) is 13.1. The molecule has 0 aliphatic rings.